The third-order valence-electron chi connectivity index (χ3n) is 3.68. The maximum Gasteiger partial charge on any atom is 0.0940 e. The Morgan fingerprint density at radius 2 is 1.95 bits per heavy atom. The van der Waals surface area contributed by atoms with Gasteiger partial charge in [-0.15, -0.1) is 0 Å². The van der Waals surface area contributed by atoms with Gasteiger partial charge in [0.1, 0.15) is 0 Å². The monoisotopic (exact) mass is 307 g/mol. The Kier molecular flexibility index (Phi) is 5.39. The maximum absolute atomic E-state index is 10.5. The summed E-state index contributed by atoms with van der Waals surface area (Å²) >= 11 is 5.88. The Hall–Kier alpha value is -1.36. The van der Waals surface area contributed by atoms with Gasteiger partial charge in [0, 0.05) is 35.9 Å². The van der Waals surface area contributed by atoms with Crippen LogP contribution in [0.25, 0.3) is 0 Å². The quantitative estimate of drug-likeness (QED) is 0.861. The molecular formula is C16H22ClN3O. The van der Waals surface area contributed by atoms with Gasteiger partial charge in [-0.25, -0.2) is 0 Å². The van der Waals surface area contributed by atoms with Gasteiger partial charge in [0.05, 0.1) is 12.3 Å². The number of nitrogens with one attached hydrogen (secondary N) is 1. The fourth-order valence-corrected chi connectivity index (χ4v) is 2.55. The number of nitrogens with zero attached hydrogens (tertiary/aromatic N) is 2. The van der Waals surface area contributed by atoms with Gasteiger partial charge in [-0.1, -0.05) is 30.7 Å². The minimum atomic E-state index is -0.576. The SMILES string of the molecule is CCC(NC(C)C(O)c1ccc(Cl)cc1)c1cnn(C)c1. The van der Waals surface area contributed by atoms with Gasteiger partial charge < -0.3 is 10.4 Å². The van der Waals surface area contributed by atoms with E-state index in [1.807, 2.05) is 38.5 Å². The van der Waals surface area contributed by atoms with Crippen LogP contribution >= 0.6 is 11.6 Å². The summed E-state index contributed by atoms with van der Waals surface area (Å²) < 4.78 is 1.79. The first kappa shape index (κ1) is 16.0. The molecule has 0 amide bonds. The highest BCUT2D eigenvalue weighted by Crippen LogP contribution is 2.23. The lowest BCUT2D eigenvalue weighted by atomic mass is 10.0. The molecule has 0 saturated heterocycles. The van der Waals surface area contributed by atoms with Crippen LogP contribution < -0.4 is 5.32 Å². The van der Waals surface area contributed by atoms with Gasteiger partial charge in [0.15, 0.2) is 0 Å². The molecule has 2 rings (SSSR count). The predicted molar refractivity (Wildman–Crippen MR) is 85.2 cm³/mol. The van der Waals surface area contributed by atoms with E-state index in [1.165, 1.54) is 0 Å². The highest BCUT2D eigenvalue weighted by molar-refractivity contribution is 6.30. The van der Waals surface area contributed by atoms with E-state index in [1.54, 1.807) is 16.8 Å². The van der Waals surface area contributed by atoms with Gasteiger partial charge in [0.2, 0.25) is 0 Å². The smallest absolute Gasteiger partial charge is 0.0940 e. The summed E-state index contributed by atoms with van der Waals surface area (Å²) in [5.41, 5.74) is 2.00. The Morgan fingerprint density at radius 3 is 2.48 bits per heavy atom. The van der Waals surface area contributed by atoms with E-state index in [9.17, 15) is 5.11 Å². The number of aliphatic hydroxyl groups excluding tert-OH is 1. The molecular weight excluding hydrogens is 286 g/mol. The normalized spacial score (nSPS) is 15.7. The minimum Gasteiger partial charge on any atom is -0.387 e. The van der Waals surface area contributed by atoms with Crippen LogP contribution in [0.4, 0.5) is 0 Å². The summed E-state index contributed by atoms with van der Waals surface area (Å²) in [5, 5.41) is 18.8. The lowest BCUT2D eigenvalue weighted by Gasteiger charge is -2.25. The predicted octanol–water partition coefficient (Wildman–Crippen LogP) is 3.24. The first-order chi connectivity index (χ1) is 10.0. The number of rotatable bonds is 6. The molecule has 1 aromatic heterocycles. The van der Waals surface area contributed by atoms with Gasteiger partial charge in [-0.2, -0.15) is 5.10 Å². The van der Waals surface area contributed by atoms with Gasteiger partial charge in [-0.05, 0) is 31.0 Å². The Morgan fingerprint density at radius 1 is 1.29 bits per heavy atom. The fourth-order valence-electron chi connectivity index (χ4n) is 2.43. The molecule has 0 fully saturated rings. The molecule has 3 unspecified atom stereocenters. The van der Waals surface area contributed by atoms with E-state index >= 15 is 0 Å². The molecule has 0 radical (unpaired) electrons. The molecule has 2 aromatic rings. The largest absolute Gasteiger partial charge is 0.387 e. The lowest BCUT2D eigenvalue weighted by molar-refractivity contribution is 0.129. The van der Waals surface area contributed by atoms with Crippen molar-refractivity contribution in [2.24, 2.45) is 7.05 Å². The van der Waals surface area contributed by atoms with Crippen LogP contribution in [-0.2, 0) is 7.05 Å². The van der Waals surface area contributed by atoms with E-state index in [0.717, 1.165) is 17.5 Å². The summed E-state index contributed by atoms with van der Waals surface area (Å²) in [5.74, 6) is 0. The van der Waals surface area contributed by atoms with Crippen molar-refractivity contribution in [2.45, 2.75) is 38.5 Å². The average Bonchev–Trinajstić information content (AvgIpc) is 2.91. The zero-order valence-corrected chi connectivity index (χ0v) is 13.4. The van der Waals surface area contributed by atoms with Crippen LogP contribution in [0.15, 0.2) is 36.7 Å². The summed E-state index contributed by atoms with van der Waals surface area (Å²) in [6.45, 7) is 4.10. The van der Waals surface area contributed by atoms with Crippen LogP contribution in [0.1, 0.15) is 43.5 Å². The van der Waals surface area contributed by atoms with Gasteiger partial charge in [0.25, 0.3) is 0 Å². The van der Waals surface area contributed by atoms with Crippen LogP contribution in [-0.4, -0.2) is 20.9 Å². The van der Waals surface area contributed by atoms with Crippen molar-refractivity contribution < 1.29 is 5.11 Å². The van der Waals surface area contributed by atoms with Crippen LogP contribution in [0.5, 0.6) is 0 Å². The molecule has 21 heavy (non-hydrogen) atoms. The summed E-state index contributed by atoms with van der Waals surface area (Å²) in [4.78, 5) is 0. The lowest BCUT2D eigenvalue weighted by Crippen LogP contribution is -2.35. The van der Waals surface area contributed by atoms with Crippen molar-refractivity contribution in [3.63, 3.8) is 0 Å². The van der Waals surface area contributed by atoms with Crippen LogP contribution in [0.2, 0.25) is 5.02 Å². The van der Waals surface area contributed by atoms with Crippen molar-refractivity contribution in [3.8, 4) is 0 Å². The van der Waals surface area contributed by atoms with Crippen LogP contribution in [0, 0.1) is 0 Å². The van der Waals surface area contributed by atoms with E-state index in [0.29, 0.717) is 5.02 Å². The van der Waals surface area contributed by atoms with Gasteiger partial charge in [-0.3, -0.25) is 4.68 Å². The zero-order valence-electron chi connectivity index (χ0n) is 12.6. The zero-order chi connectivity index (χ0) is 15.4. The van der Waals surface area contributed by atoms with Crippen molar-refractivity contribution in [2.75, 3.05) is 0 Å². The molecule has 5 heteroatoms. The number of hydrogen-bond acceptors (Lipinski definition) is 3. The summed E-state index contributed by atoms with van der Waals surface area (Å²) in [7, 11) is 1.90. The molecule has 0 spiro atoms. The Labute approximate surface area is 130 Å². The number of halogens is 1. The van der Waals surface area contributed by atoms with Crippen molar-refractivity contribution in [1.29, 1.82) is 0 Å². The second-order valence-corrected chi connectivity index (χ2v) is 5.80. The minimum absolute atomic E-state index is 0.0728. The second-order valence-electron chi connectivity index (χ2n) is 5.36. The number of benzene rings is 1. The molecule has 1 aromatic carbocycles. The molecule has 0 aliphatic carbocycles. The molecule has 0 aliphatic heterocycles. The molecule has 2 N–H and O–H groups in total. The highest BCUT2D eigenvalue weighted by Gasteiger charge is 2.20. The van der Waals surface area contributed by atoms with Crippen molar-refractivity contribution in [3.05, 3.63) is 52.8 Å². The highest BCUT2D eigenvalue weighted by atomic mass is 35.5. The van der Waals surface area contributed by atoms with Crippen molar-refractivity contribution >= 4 is 11.6 Å². The number of aryl methyl sites for hydroxylation is 1. The maximum atomic E-state index is 10.5. The third-order valence-corrected chi connectivity index (χ3v) is 3.94. The number of aromatic nitrogens is 2. The standard InChI is InChI=1S/C16H22ClN3O/c1-4-15(13-9-18-20(3)10-13)19-11(2)16(21)12-5-7-14(17)8-6-12/h5-11,15-16,19,21H,4H2,1-3H3. The number of aliphatic hydroxyl groups is 1. The van der Waals surface area contributed by atoms with Crippen LogP contribution in [0.3, 0.4) is 0 Å². The molecule has 0 bridgehead atoms. The molecule has 1 heterocycles. The molecule has 0 aliphatic rings. The first-order valence-electron chi connectivity index (χ1n) is 7.19. The van der Waals surface area contributed by atoms with E-state index in [2.05, 4.69) is 17.3 Å². The van der Waals surface area contributed by atoms with E-state index in [4.69, 9.17) is 11.6 Å². The molecule has 114 valence electrons. The first-order valence-corrected chi connectivity index (χ1v) is 7.57. The average molecular weight is 308 g/mol. The topological polar surface area (TPSA) is 50.1 Å². The van der Waals surface area contributed by atoms with Gasteiger partial charge >= 0.3 is 0 Å². The molecule has 0 saturated carbocycles. The third kappa shape index (κ3) is 4.06. The second kappa shape index (κ2) is 7.07. The summed E-state index contributed by atoms with van der Waals surface area (Å²) in [6.07, 6.45) is 4.22. The fraction of sp³-hybridized carbons (Fsp3) is 0.438. The van der Waals surface area contributed by atoms with E-state index < -0.39 is 6.10 Å². The van der Waals surface area contributed by atoms with E-state index in [-0.39, 0.29) is 12.1 Å². The number of hydrogen-bond donors (Lipinski definition) is 2. The molecule has 3 atom stereocenters. The Bertz CT molecular complexity index is 567. The Balaban J connectivity index is 2.05. The molecule has 4 nitrogen and oxygen atoms in total. The van der Waals surface area contributed by atoms with Crippen molar-refractivity contribution in [1.82, 2.24) is 15.1 Å². The summed E-state index contributed by atoms with van der Waals surface area (Å²) in [6, 6.07) is 7.41.